The van der Waals surface area contributed by atoms with Gasteiger partial charge in [0.15, 0.2) is 5.96 Å². The molecule has 6 nitrogen and oxygen atoms in total. The molecule has 0 amide bonds. The lowest BCUT2D eigenvalue weighted by molar-refractivity contribution is 0.195. The van der Waals surface area contributed by atoms with E-state index in [0.717, 1.165) is 24.4 Å². The second kappa shape index (κ2) is 9.02. The van der Waals surface area contributed by atoms with E-state index in [-0.39, 0.29) is 5.82 Å². The van der Waals surface area contributed by atoms with E-state index in [0.29, 0.717) is 24.8 Å². The first-order valence-electron chi connectivity index (χ1n) is 7.88. The first-order chi connectivity index (χ1) is 11.7. The van der Waals surface area contributed by atoms with E-state index in [9.17, 15) is 4.39 Å². The minimum absolute atomic E-state index is 0.279. The molecule has 7 heteroatoms. The number of aromatic nitrogens is 2. The molecule has 1 aromatic heterocycles. The van der Waals surface area contributed by atoms with Crippen molar-refractivity contribution in [3.8, 4) is 5.69 Å². The number of hydrogen-bond acceptors (Lipinski definition) is 3. The van der Waals surface area contributed by atoms with Crippen molar-refractivity contribution in [2.75, 3.05) is 27.3 Å². The van der Waals surface area contributed by atoms with Gasteiger partial charge in [-0.25, -0.2) is 9.37 Å². The first-order valence-corrected chi connectivity index (χ1v) is 7.88. The number of imidazole rings is 1. The molecular weight excluding hydrogens is 309 g/mol. The lowest BCUT2D eigenvalue weighted by atomic mass is 10.2. The molecular formula is C17H24FN5O. The van der Waals surface area contributed by atoms with Crippen LogP contribution in [0.2, 0.25) is 0 Å². The van der Waals surface area contributed by atoms with E-state index in [1.807, 2.05) is 13.0 Å². The predicted octanol–water partition coefficient (Wildman–Crippen LogP) is 2.02. The van der Waals surface area contributed by atoms with Gasteiger partial charge in [0, 0.05) is 46.2 Å². The zero-order valence-corrected chi connectivity index (χ0v) is 14.3. The number of nitrogens with zero attached hydrogens (tertiary/aromatic N) is 3. The molecule has 0 aliphatic heterocycles. The van der Waals surface area contributed by atoms with Gasteiger partial charge in [0.2, 0.25) is 0 Å². The van der Waals surface area contributed by atoms with Crippen LogP contribution in [0, 0.1) is 12.7 Å². The molecule has 0 saturated heterocycles. The van der Waals surface area contributed by atoms with Gasteiger partial charge in [0.05, 0.1) is 5.69 Å². The number of aliphatic imine (C=N–C) groups is 1. The van der Waals surface area contributed by atoms with Gasteiger partial charge in [0.1, 0.15) is 11.6 Å². The van der Waals surface area contributed by atoms with Crippen LogP contribution in [-0.4, -0.2) is 42.8 Å². The van der Waals surface area contributed by atoms with Gasteiger partial charge in [0.25, 0.3) is 0 Å². The van der Waals surface area contributed by atoms with Crippen LogP contribution in [0.25, 0.3) is 5.69 Å². The fourth-order valence-corrected chi connectivity index (χ4v) is 2.32. The van der Waals surface area contributed by atoms with Gasteiger partial charge in [-0.3, -0.25) is 4.99 Å². The topological polar surface area (TPSA) is 63.5 Å². The van der Waals surface area contributed by atoms with Gasteiger partial charge in [-0.15, -0.1) is 0 Å². The Kier molecular flexibility index (Phi) is 6.74. The smallest absolute Gasteiger partial charge is 0.191 e. The fraction of sp³-hybridized carbons (Fsp3) is 0.412. The van der Waals surface area contributed by atoms with Gasteiger partial charge in [-0.05, 0) is 31.0 Å². The number of ether oxygens (including phenoxy) is 1. The summed E-state index contributed by atoms with van der Waals surface area (Å²) in [7, 11) is 3.38. The van der Waals surface area contributed by atoms with Crippen molar-refractivity contribution in [1.29, 1.82) is 0 Å². The molecule has 0 bridgehead atoms. The Labute approximate surface area is 141 Å². The summed E-state index contributed by atoms with van der Waals surface area (Å²) in [5, 5.41) is 6.35. The van der Waals surface area contributed by atoms with Crippen LogP contribution in [0.15, 0.2) is 35.6 Å². The average Bonchev–Trinajstić information content (AvgIpc) is 3.00. The summed E-state index contributed by atoms with van der Waals surface area (Å²) in [4.78, 5) is 8.26. The maximum atomic E-state index is 14.4. The second-order valence-electron chi connectivity index (χ2n) is 5.33. The van der Waals surface area contributed by atoms with E-state index < -0.39 is 0 Å². The van der Waals surface area contributed by atoms with E-state index in [1.165, 1.54) is 6.07 Å². The quantitative estimate of drug-likeness (QED) is 0.462. The molecule has 0 spiro atoms. The normalized spacial score (nSPS) is 11.6. The third-order valence-electron chi connectivity index (χ3n) is 3.60. The highest BCUT2D eigenvalue weighted by Gasteiger charge is 2.08. The Hall–Kier alpha value is -2.41. The van der Waals surface area contributed by atoms with Crippen LogP contribution in [0.5, 0.6) is 0 Å². The van der Waals surface area contributed by atoms with E-state index >= 15 is 0 Å². The number of guanidine groups is 1. The lowest BCUT2D eigenvalue weighted by Gasteiger charge is -2.13. The highest BCUT2D eigenvalue weighted by atomic mass is 19.1. The zero-order chi connectivity index (χ0) is 17.4. The molecule has 24 heavy (non-hydrogen) atoms. The number of halogens is 1. The Morgan fingerprint density at radius 1 is 1.38 bits per heavy atom. The van der Waals surface area contributed by atoms with Crippen molar-refractivity contribution in [2.45, 2.75) is 19.9 Å². The molecule has 0 atom stereocenters. The van der Waals surface area contributed by atoms with Crippen LogP contribution < -0.4 is 10.6 Å². The molecule has 0 unspecified atom stereocenters. The summed E-state index contributed by atoms with van der Waals surface area (Å²) in [6.07, 6.45) is 4.30. The molecule has 1 heterocycles. The Balaban J connectivity index is 1.94. The highest BCUT2D eigenvalue weighted by Crippen LogP contribution is 2.16. The van der Waals surface area contributed by atoms with Gasteiger partial charge in [-0.1, -0.05) is 6.07 Å². The third-order valence-corrected chi connectivity index (χ3v) is 3.60. The molecule has 2 aromatic rings. The largest absolute Gasteiger partial charge is 0.385 e. The van der Waals surface area contributed by atoms with Crippen LogP contribution >= 0.6 is 0 Å². The van der Waals surface area contributed by atoms with Crippen LogP contribution in [-0.2, 0) is 11.3 Å². The molecule has 0 fully saturated rings. The summed E-state index contributed by atoms with van der Waals surface area (Å²) in [5.41, 5.74) is 1.34. The van der Waals surface area contributed by atoms with E-state index in [1.54, 1.807) is 37.2 Å². The molecule has 130 valence electrons. The van der Waals surface area contributed by atoms with Crippen molar-refractivity contribution < 1.29 is 9.13 Å². The van der Waals surface area contributed by atoms with Crippen molar-refractivity contribution in [3.05, 3.63) is 47.8 Å². The predicted molar refractivity (Wildman–Crippen MR) is 93.0 cm³/mol. The number of aryl methyl sites for hydroxylation is 1. The van der Waals surface area contributed by atoms with Crippen LogP contribution in [0.1, 0.15) is 17.8 Å². The zero-order valence-electron chi connectivity index (χ0n) is 14.3. The Morgan fingerprint density at radius 2 is 2.21 bits per heavy atom. The SMILES string of the molecule is CN=C(NCCCOC)NCc1ccc(-n2ccnc2C)c(F)c1. The highest BCUT2D eigenvalue weighted by molar-refractivity contribution is 5.79. The van der Waals surface area contributed by atoms with Gasteiger partial charge >= 0.3 is 0 Å². The Bertz CT molecular complexity index is 683. The summed E-state index contributed by atoms with van der Waals surface area (Å²) < 4.78 is 21.1. The summed E-state index contributed by atoms with van der Waals surface area (Å²) in [6, 6.07) is 5.18. The molecule has 2 N–H and O–H groups in total. The molecule has 0 radical (unpaired) electrons. The first kappa shape index (κ1) is 17.9. The lowest BCUT2D eigenvalue weighted by Crippen LogP contribution is -2.37. The molecule has 0 aliphatic rings. The maximum Gasteiger partial charge on any atom is 0.191 e. The van der Waals surface area contributed by atoms with Crippen molar-refractivity contribution in [2.24, 2.45) is 4.99 Å². The molecule has 1 aromatic carbocycles. The van der Waals surface area contributed by atoms with Crippen molar-refractivity contribution in [1.82, 2.24) is 20.2 Å². The third kappa shape index (κ3) is 4.79. The number of methoxy groups -OCH3 is 1. The van der Waals surface area contributed by atoms with Crippen molar-refractivity contribution >= 4 is 5.96 Å². The van der Waals surface area contributed by atoms with Gasteiger partial charge in [-0.2, -0.15) is 0 Å². The van der Waals surface area contributed by atoms with E-state index in [4.69, 9.17) is 4.74 Å². The molecule has 2 rings (SSSR count). The molecule has 0 aliphatic carbocycles. The number of rotatable bonds is 7. The number of benzene rings is 1. The summed E-state index contributed by atoms with van der Waals surface area (Å²) >= 11 is 0. The van der Waals surface area contributed by atoms with Crippen LogP contribution in [0.3, 0.4) is 0 Å². The van der Waals surface area contributed by atoms with Gasteiger partial charge < -0.3 is 19.9 Å². The number of hydrogen-bond donors (Lipinski definition) is 2. The fourth-order valence-electron chi connectivity index (χ4n) is 2.32. The summed E-state index contributed by atoms with van der Waals surface area (Å²) in [5.74, 6) is 1.15. The standard InChI is InChI=1S/C17H24FN5O/c1-13-20-8-9-23(13)16-6-5-14(11-15(16)18)12-22-17(19-2)21-7-4-10-24-3/h5-6,8-9,11H,4,7,10,12H2,1-3H3,(H2,19,21,22). The van der Waals surface area contributed by atoms with E-state index in [2.05, 4.69) is 20.6 Å². The minimum atomic E-state index is -0.279. The monoisotopic (exact) mass is 333 g/mol. The Morgan fingerprint density at radius 3 is 2.83 bits per heavy atom. The van der Waals surface area contributed by atoms with Crippen LogP contribution in [0.4, 0.5) is 4.39 Å². The second-order valence-corrected chi connectivity index (χ2v) is 5.33. The number of nitrogens with one attached hydrogen (secondary N) is 2. The maximum absolute atomic E-state index is 14.4. The minimum Gasteiger partial charge on any atom is -0.385 e. The average molecular weight is 333 g/mol. The molecule has 0 saturated carbocycles. The van der Waals surface area contributed by atoms with Crippen molar-refractivity contribution in [3.63, 3.8) is 0 Å². The summed E-state index contributed by atoms with van der Waals surface area (Å²) in [6.45, 7) is 3.79.